The van der Waals surface area contributed by atoms with Gasteiger partial charge in [-0.2, -0.15) is 0 Å². The second kappa shape index (κ2) is 83.7. The lowest BCUT2D eigenvalue weighted by molar-refractivity contribution is -0.161. The Balaban J connectivity index is 5.19. The van der Waals surface area contributed by atoms with Gasteiger partial charge in [0.2, 0.25) is 0 Å². The van der Waals surface area contributed by atoms with Gasteiger partial charge in [-0.25, -0.2) is 9.13 Å². The van der Waals surface area contributed by atoms with Gasteiger partial charge in [0.1, 0.15) is 19.3 Å². The number of carbonyl (C=O) groups is 4. The summed E-state index contributed by atoms with van der Waals surface area (Å²) in [5.74, 6) is 0.325. The SMILES string of the molecule is CCCCCCCCCCCCCCCCCCCCCCC(=O)O[C@H](COC(=O)CCCCCCCCC(C)C)COP(=O)(O)OC[C@H](O)COP(=O)(O)OC[C@@H](COC(=O)CCCCCCCCCCCCCCCCCCCCC(C)CC)OC(=O)CCCCCCCCCCCCCCCCCCCCC(C)CC. The number of unbranched alkanes of at least 4 members (excludes halogenated alkanes) is 58. The fraction of sp³-hybridized carbons (Fsp3) is 0.957. The molecule has 19 heteroatoms. The van der Waals surface area contributed by atoms with Gasteiger partial charge in [0.15, 0.2) is 12.2 Å². The van der Waals surface area contributed by atoms with Crippen molar-refractivity contribution in [2.24, 2.45) is 17.8 Å². The van der Waals surface area contributed by atoms with Crippen molar-refractivity contribution in [3.63, 3.8) is 0 Å². The van der Waals surface area contributed by atoms with Gasteiger partial charge in [-0.1, -0.05) is 453 Å². The molecular weight excluding hydrogens is 1460 g/mol. The predicted molar refractivity (Wildman–Crippen MR) is 469 cm³/mol. The molecule has 0 saturated carbocycles. The Labute approximate surface area is 696 Å². The fourth-order valence-electron chi connectivity index (χ4n) is 14.7. The molecule has 0 aromatic rings. The highest BCUT2D eigenvalue weighted by Crippen LogP contribution is 2.45. The van der Waals surface area contributed by atoms with E-state index in [0.717, 1.165) is 108 Å². The molecule has 0 saturated heterocycles. The normalized spacial score (nSPS) is 14.2. The molecule has 672 valence electrons. The second-order valence-corrected chi connectivity index (χ2v) is 37.6. The average molecular weight is 1650 g/mol. The molecule has 7 atom stereocenters. The van der Waals surface area contributed by atoms with Crippen LogP contribution in [0.3, 0.4) is 0 Å². The number of phosphoric acid groups is 2. The molecule has 0 aromatic heterocycles. The summed E-state index contributed by atoms with van der Waals surface area (Å²) in [5, 5.41) is 10.7. The smallest absolute Gasteiger partial charge is 0.462 e. The van der Waals surface area contributed by atoms with Gasteiger partial charge in [0.05, 0.1) is 26.4 Å². The Hall–Kier alpha value is -1.94. The number of esters is 4. The monoisotopic (exact) mass is 1650 g/mol. The van der Waals surface area contributed by atoms with Gasteiger partial charge in [-0.05, 0) is 43.4 Å². The third kappa shape index (κ3) is 84.9. The molecule has 0 rings (SSSR count). The first kappa shape index (κ1) is 111. The lowest BCUT2D eigenvalue weighted by atomic mass is 9.99. The zero-order valence-electron chi connectivity index (χ0n) is 74.9. The van der Waals surface area contributed by atoms with Crippen LogP contribution in [0.4, 0.5) is 0 Å². The molecule has 0 radical (unpaired) electrons. The maximum absolute atomic E-state index is 13.2. The number of hydrogen-bond donors (Lipinski definition) is 3. The van der Waals surface area contributed by atoms with Gasteiger partial charge < -0.3 is 33.8 Å². The third-order valence-corrected chi connectivity index (χ3v) is 24.8. The van der Waals surface area contributed by atoms with Crippen molar-refractivity contribution in [2.75, 3.05) is 39.6 Å². The Bertz CT molecular complexity index is 2170. The molecule has 0 heterocycles. The number of phosphoric ester groups is 2. The average Bonchev–Trinajstić information content (AvgIpc) is 0.885. The number of aliphatic hydroxyl groups excluding tert-OH is 1. The number of aliphatic hydroxyl groups is 1. The fourth-order valence-corrected chi connectivity index (χ4v) is 16.3. The van der Waals surface area contributed by atoms with Crippen LogP contribution in [-0.4, -0.2) is 96.7 Å². The van der Waals surface area contributed by atoms with Gasteiger partial charge in [-0.3, -0.25) is 37.3 Å². The minimum absolute atomic E-state index is 0.108. The van der Waals surface area contributed by atoms with Crippen molar-refractivity contribution in [1.82, 2.24) is 0 Å². The quantitative estimate of drug-likeness (QED) is 0.0222. The summed E-state index contributed by atoms with van der Waals surface area (Å²) >= 11 is 0. The molecular formula is C94H184O17P2. The van der Waals surface area contributed by atoms with E-state index in [-0.39, 0.29) is 25.7 Å². The van der Waals surface area contributed by atoms with E-state index in [0.29, 0.717) is 31.6 Å². The Kier molecular flexibility index (Phi) is 82.3. The summed E-state index contributed by atoms with van der Waals surface area (Å²) in [6, 6.07) is 0. The van der Waals surface area contributed by atoms with Gasteiger partial charge in [-0.15, -0.1) is 0 Å². The molecule has 0 aromatic carbocycles. The molecule has 0 amide bonds. The Morgan fingerprint density at radius 2 is 0.451 bits per heavy atom. The van der Waals surface area contributed by atoms with E-state index in [4.69, 9.17) is 37.0 Å². The number of carbonyl (C=O) groups excluding carboxylic acids is 4. The minimum atomic E-state index is -4.97. The molecule has 0 bridgehead atoms. The summed E-state index contributed by atoms with van der Waals surface area (Å²) in [6.45, 7) is 12.1. The topological polar surface area (TPSA) is 237 Å². The van der Waals surface area contributed by atoms with Crippen LogP contribution in [0.5, 0.6) is 0 Å². The predicted octanol–water partition coefficient (Wildman–Crippen LogP) is 29.2. The Morgan fingerprint density at radius 1 is 0.257 bits per heavy atom. The van der Waals surface area contributed by atoms with Gasteiger partial charge >= 0.3 is 39.5 Å². The second-order valence-electron chi connectivity index (χ2n) is 34.7. The van der Waals surface area contributed by atoms with E-state index in [1.165, 1.54) is 308 Å². The maximum atomic E-state index is 13.2. The van der Waals surface area contributed by atoms with Gasteiger partial charge in [0, 0.05) is 25.7 Å². The molecule has 0 spiro atoms. The zero-order chi connectivity index (χ0) is 82.9. The summed E-state index contributed by atoms with van der Waals surface area (Å²) in [4.78, 5) is 73.4. The first-order valence-electron chi connectivity index (χ1n) is 48.4. The van der Waals surface area contributed by atoms with E-state index >= 15 is 0 Å². The first-order valence-corrected chi connectivity index (χ1v) is 51.4. The number of rotatable bonds is 92. The van der Waals surface area contributed by atoms with Crippen molar-refractivity contribution in [3.05, 3.63) is 0 Å². The van der Waals surface area contributed by atoms with E-state index in [9.17, 15) is 43.2 Å². The zero-order valence-corrected chi connectivity index (χ0v) is 76.7. The highest BCUT2D eigenvalue weighted by atomic mass is 31.2. The van der Waals surface area contributed by atoms with Crippen LogP contribution >= 0.6 is 15.6 Å². The molecule has 0 aliphatic carbocycles. The molecule has 17 nitrogen and oxygen atoms in total. The van der Waals surface area contributed by atoms with E-state index in [1.54, 1.807) is 0 Å². The minimum Gasteiger partial charge on any atom is -0.462 e. The van der Waals surface area contributed by atoms with Crippen molar-refractivity contribution in [3.8, 4) is 0 Å². The number of hydrogen-bond acceptors (Lipinski definition) is 15. The van der Waals surface area contributed by atoms with E-state index in [1.807, 2.05) is 0 Å². The van der Waals surface area contributed by atoms with Crippen LogP contribution in [0, 0.1) is 17.8 Å². The molecule has 4 unspecified atom stereocenters. The van der Waals surface area contributed by atoms with Crippen molar-refractivity contribution in [2.45, 2.75) is 523 Å². The highest BCUT2D eigenvalue weighted by Gasteiger charge is 2.31. The van der Waals surface area contributed by atoms with Gasteiger partial charge in [0.25, 0.3) is 0 Å². The van der Waals surface area contributed by atoms with Crippen LogP contribution in [0.25, 0.3) is 0 Å². The van der Waals surface area contributed by atoms with Crippen LogP contribution in [-0.2, 0) is 65.4 Å². The van der Waals surface area contributed by atoms with Crippen LogP contribution in [0.2, 0.25) is 0 Å². The summed E-state index contributed by atoms with van der Waals surface area (Å²) in [6.07, 6.45) is 78.1. The van der Waals surface area contributed by atoms with Crippen molar-refractivity contribution in [1.29, 1.82) is 0 Å². The first-order chi connectivity index (χ1) is 54.8. The van der Waals surface area contributed by atoms with Crippen molar-refractivity contribution >= 4 is 39.5 Å². The molecule has 113 heavy (non-hydrogen) atoms. The lowest BCUT2D eigenvalue weighted by Gasteiger charge is -2.21. The maximum Gasteiger partial charge on any atom is 0.472 e. The van der Waals surface area contributed by atoms with E-state index < -0.39 is 97.5 Å². The Morgan fingerprint density at radius 3 is 0.673 bits per heavy atom. The standard InChI is InChI=1S/C94H184O17P2/c1-8-11-12-13-14-15-16-17-18-19-20-21-29-34-39-44-49-54-64-71-78-94(99)111-90(82-105-92(97)76-69-62-57-56-58-65-72-85(4)5)84-109-113(102,103)107-80-88(95)79-106-112(100,101)108-83-89(110-93(98)77-70-63-55-50-45-40-35-30-25-23-27-32-37-42-47-52-60-67-74-87(7)10-3)81-104-91(96)75-68-61-53-48-43-38-33-28-24-22-26-31-36-41-46-51-59-66-73-86(6)9-2/h85-90,95H,8-84H2,1-7H3,(H,100,101)(H,102,103)/t86?,87?,88-,89-,90-/m1/s1. The summed E-state index contributed by atoms with van der Waals surface area (Å²) in [7, 11) is -9.94. The molecule has 0 aliphatic heterocycles. The molecule has 0 fully saturated rings. The third-order valence-electron chi connectivity index (χ3n) is 22.9. The van der Waals surface area contributed by atoms with Crippen LogP contribution in [0.1, 0.15) is 504 Å². The lowest BCUT2D eigenvalue weighted by Crippen LogP contribution is -2.30. The van der Waals surface area contributed by atoms with E-state index in [2.05, 4.69) is 48.5 Å². The molecule has 0 aliphatic rings. The summed E-state index contributed by atoms with van der Waals surface area (Å²) in [5.41, 5.74) is 0. The molecule has 3 N–H and O–H groups in total. The van der Waals surface area contributed by atoms with Crippen LogP contribution < -0.4 is 0 Å². The summed E-state index contributed by atoms with van der Waals surface area (Å²) < 4.78 is 69.1. The number of ether oxygens (including phenoxy) is 4. The highest BCUT2D eigenvalue weighted by molar-refractivity contribution is 7.47. The van der Waals surface area contributed by atoms with Crippen molar-refractivity contribution < 1.29 is 80.2 Å². The largest absolute Gasteiger partial charge is 0.472 e. The van der Waals surface area contributed by atoms with Crippen LogP contribution in [0.15, 0.2) is 0 Å².